The van der Waals surface area contributed by atoms with Crippen molar-refractivity contribution in [3.8, 4) is 5.75 Å². The number of hydrogen-bond donors (Lipinski definition) is 1. The first-order chi connectivity index (χ1) is 12.3. The van der Waals surface area contributed by atoms with Crippen LogP contribution in [0.25, 0.3) is 0 Å². The minimum atomic E-state index is -0.471. The summed E-state index contributed by atoms with van der Waals surface area (Å²) in [5.41, 5.74) is 4.37. The summed E-state index contributed by atoms with van der Waals surface area (Å²) in [7, 11) is 0. The maximum atomic E-state index is 11.9. The predicted molar refractivity (Wildman–Crippen MR) is 105 cm³/mol. The Balaban J connectivity index is 1.93. The van der Waals surface area contributed by atoms with Crippen LogP contribution >= 0.6 is 27.3 Å². The molecule has 0 unspecified atom stereocenters. The lowest BCUT2D eigenvalue weighted by molar-refractivity contribution is -0.380. The first kappa shape index (κ1) is 20.1. The number of carbonyl (C=O) groups excluding carboxylic acids is 1. The van der Waals surface area contributed by atoms with Crippen LogP contribution in [0, 0.1) is 17.0 Å². The van der Waals surface area contributed by atoms with E-state index < -0.39 is 10.8 Å². The summed E-state index contributed by atoms with van der Waals surface area (Å²) >= 11 is 4.48. The van der Waals surface area contributed by atoms with E-state index in [9.17, 15) is 14.9 Å². The molecule has 0 aliphatic heterocycles. The number of benzene rings is 1. The molecular formula is C17H18BrN3O4S. The number of nitrogens with one attached hydrogen (secondary N) is 1. The Morgan fingerprint density at radius 3 is 2.81 bits per heavy atom. The molecule has 0 saturated carbocycles. The number of nitrogens with zero attached hydrogens (tertiary/aromatic N) is 2. The van der Waals surface area contributed by atoms with Crippen molar-refractivity contribution in [3.63, 3.8) is 0 Å². The van der Waals surface area contributed by atoms with Crippen LogP contribution in [0.4, 0.5) is 5.00 Å². The molecule has 0 aliphatic rings. The van der Waals surface area contributed by atoms with E-state index in [-0.39, 0.29) is 17.5 Å². The molecule has 0 saturated heterocycles. The van der Waals surface area contributed by atoms with E-state index in [1.165, 1.54) is 12.3 Å². The van der Waals surface area contributed by atoms with E-state index in [0.717, 1.165) is 26.9 Å². The van der Waals surface area contributed by atoms with Gasteiger partial charge in [0.1, 0.15) is 5.75 Å². The SMILES string of the molecule is Cc1cc(OCC(=O)N/N=C\c2ccc([N+](=O)[O-])s2)c(C(C)C)cc1Br. The molecule has 0 aliphatic carbocycles. The summed E-state index contributed by atoms with van der Waals surface area (Å²) < 4.78 is 6.63. The van der Waals surface area contributed by atoms with Gasteiger partial charge >= 0.3 is 5.00 Å². The quantitative estimate of drug-likeness (QED) is 0.393. The molecule has 1 aromatic carbocycles. The van der Waals surface area contributed by atoms with Crippen LogP contribution in [0.2, 0.25) is 0 Å². The first-order valence-corrected chi connectivity index (χ1v) is 9.38. The summed E-state index contributed by atoms with van der Waals surface area (Å²) in [4.78, 5) is 22.6. The van der Waals surface area contributed by atoms with Crippen LogP contribution in [0.15, 0.2) is 33.8 Å². The Hall–Kier alpha value is -2.26. The first-order valence-electron chi connectivity index (χ1n) is 7.77. The predicted octanol–water partition coefficient (Wildman–Crippen LogP) is 4.38. The lowest BCUT2D eigenvalue weighted by atomic mass is 10.0. The number of aryl methyl sites for hydroxylation is 1. The van der Waals surface area contributed by atoms with E-state index >= 15 is 0 Å². The molecule has 0 bridgehead atoms. The van der Waals surface area contributed by atoms with E-state index in [0.29, 0.717) is 10.6 Å². The topological polar surface area (TPSA) is 93.8 Å². The summed E-state index contributed by atoms with van der Waals surface area (Å²) in [6.07, 6.45) is 1.36. The van der Waals surface area contributed by atoms with E-state index in [1.54, 1.807) is 6.07 Å². The average Bonchev–Trinajstić information content (AvgIpc) is 3.04. The zero-order chi connectivity index (χ0) is 19.3. The van der Waals surface area contributed by atoms with Gasteiger partial charge in [0.2, 0.25) is 0 Å². The minimum absolute atomic E-state index is 0.0212. The Labute approximate surface area is 163 Å². The van der Waals surface area contributed by atoms with Crippen LogP contribution < -0.4 is 10.2 Å². The van der Waals surface area contributed by atoms with E-state index in [4.69, 9.17) is 4.74 Å². The van der Waals surface area contributed by atoms with Crippen LogP contribution in [0.5, 0.6) is 5.75 Å². The Kier molecular flexibility index (Phi) is 6.87. The zero-order valence-corrected chi connectivity index (χ0v) is 16.9. The monoisotopic (exact) mass is 439 g/mol. The molecular weight excluding hydrogens is 422 g/mol. The lowest BCUT2D eigenvalue weighted by Gasteiger charge is -2.15. The second-order valence-electron chi connectivity index (χ2n) is 5.81. The Morgan fingerprint density at radius 1 is 1.46 bits per heavy atom. The fourth-order valence-electron chi connectivity index (χ4n) is 2.10. The van der Waals surface area contributed by atoms with Gasteiger partial charge in [0, 0.05) is 10.5 Å². The van der Waals surface area contributed by atoms with Crippen molar-refractivity contribution >= 4 is 44.4 Å². The number of carbonyl (C=O) groups is 1. The lowest BCUT2D eigenvalue weighted by Crippen LogP contribution is -2.24. The van der Waals surface area contributed by atoms with Gasteiger partial charge in [0.25, 0.3) is 5.91 Å². The number of nitro groups is 1. The van der Waals surface area contributed by atoms with Crippen LogP contribution in [0.3, 0.4) is 0 Å². The van der Waals surface area contributed by atoms with Crippen molar-refractivity contribution in [2.24, 2.45) is 5.10 Å². The fourth-order valence-corrected chi connectivity index (χ4v) is 3.15. The molecule has 7 nitrogen and oxygen atoms in total. The van der Waals surface area contributed by atoms with Crippen LogP contribution in [0.1, 0.15) is 35.8 Å². The largest absolute Gasteiger partial charge is 0.483 e. The number of amides is 1. The smallest absolute Gasteiger partial charge is 0.324 e. The molecule has 9 heteroatoms. The Morgan fingerprint density at radius 2 is 2.19 bits per heavy atom. The summed E-state index contributed by atoms with van der Waals surface area (Å²) in [6.45, 7) is 5.87. The molecule has 1 N–H and O–H groups in total. The van der Waals surface area contributed by atoms with Crippen molar-refractivity contribution < 1.29 is 14.5 Å². The van der Waals surface area contributed by atoms with Gasteiger partial charge in [-0.2, -0.15) is 5.10 Å². The molecule has 0 radical (unpaired) electrons. The van der Waals surface area contributed by atoms with Crippen molar-refractivity contribution in [2.75, 3.05) is 6.61 Å². The molecule has 1 heterocycles. The molecule has 1 amide bonds. The van der Waals surface area contributed by atoms with Crippen molar-refractivity contribution in [3.05, 3.63) is 54.9 Å². The van der Waals surface area contributed by atoms with E-state index in [2.05, 4.69) is 40.3 Å². The number of thiophene rings is 1. The summed E-state index contributed by atoms with van der Waals surface area (Å²) in [6, 6.07) is 6.84. The normalized spacial score (nSPS) is 11.1. The van der Waals surface area contributed by atoms with Crippen molar-refractivity contribution in [2.45, 2.75) is 26.7 Å². The van der Waals surface area contributed by atoms with Gasteiger partial charge in [-0.3, -0.25) is 14.9 Å². The summed E-state index contributed by atoms with van der Waals surface area (Å²) in [5.74, 6) is 0.494. The summed E-state index contributed by atoms with van der Waals surface area (Å²) in [5, 5.41) is 14.4. The van der Waals surface area contributed by atoms with Crippen LogP contribution in [-0.2, 0) is 4.79 Å². The van der Waals surface area contributed by atoms with Gasteiger partial charge < -0.3 is 4.74 Å². The van der Waals surface area contributed by atoms with Gasteiger partial charge in [-0.1, -0.05) is 41.1 Å². The molecule has 2 rings (SSSR count). The highest BCUT2D eigenvalue weighted by Crippen LogP contribution is 2.32. The third-order valence-corrected chi connectivity index (χ3v) is 5.27. The highest BCUT2D eigenvalue weighted by molar-refractivity contribution is 9.10. The minimum Gasteiger partial charge on any atom is -0.483 e. The zero-order valence-electron chi connectivity index (χ0n) is 14.5. The highest BCUT2D eigenvalue weighted by Gasteiger charge is 2.12. The molecule has 0 fully saturated rings. The molecule has 1 aromatic heterocycles. The molecule has 138 valence electrons. The number of hydrogen-bond acceptors (Lipinski definition) is 6. The van der Waals surface area contributed by atoms with Gasteiger partial charge in [0.15, 0.2) is 6.61 Å². The van der Waals surface area contributed by atoms with Gasteiger partial charge in [-0.15, -0.1) is 0 Å². The van der Waals surface area contributed by atoms with Crippen molar-refractivity contribution in [1.82, 2.24) is 5.43 Å². The maximum absolute atomic E-state index is 11.9. The van der Waals surface area contributed by atoms with Crippen LogP contribution in [-0.4, -0.2) is 23.7 Å². The molecule has 0 atom stereocenters. The molecule has 26 heavy (non-hydrogen) atoms. The van der Waals surface area contributed by atoms with Gasteiger partial charge in [-0.25, -0.2) is 5.43 Å². The fraction of sp³-hybridized carbons (Fsp3) is 0.294. The van der Waals surface area contributed by atoms with Gasteiger partial charge in [0.05, 0.1) is 16.0 Å². The molecule has 0 spiro atoms. The third-order valence-electron chi connectivity index (χ3n) is 3.45. The third kappa shape index (κ3) is 5.37. The Bertz CT molecular complexity index is 849. The number of halogens is 1. The van der Waals surface area contributed by atoms with Gasteiger partial charge in [-0.05, 0) is 42.2 Å². The highest BCUT2D eigenvalue weighted by atomic mass is 79.9. The van der Waals surface area contributed by atoms with E-state index in [1.807, 2.05) is 19.1 Å². The second-order valence-corrected chi connectivity index (χ2v) is 7.76. The number of ether oxygens (including phenoxy) is 1. The maximum Gasteiger partial charge on any atom is 0.324 e. The van der Waals surface area contributed by atoms with Crippen molar-refractivity contribution in [1.29, 1.82) is 0 Å². The second kappa shape index (κ2) is 8.91. The average molecular weight is 440 g/mol. The molecule has 2 aromatic rings. The number of rotatable bonds is 7. The number of hydrazone groups is 1. The standard InChI is InChI=1S/C17H18BrN3O4S/c1-10(2)13-7-14(18)11(3)6-15(13)25-9-16(22)20-19-8-12-4-5-17(26-12)21(23)24/h4-8,10H,9H2,1-3H3,(H,20,22)/b19-8-.